The van der Waals surface area contributed by atoms with Crippen molar-refractivity contribution in [1.29, 1.82) is 0 Å². The Kier molecular flexibility index (Phi) is 7.16. The van der Waals surface area contributed by atoms with Crippen molar-refractivity contribution in [2.24, 2.45) is 0 Å². The highest BCUT2D eigenvalue weighted by Crippen LogP contribution is 2.18. The highest BCUT2D eigenvalue weighted by molar-refractivity contribution is 6.30. The number of carbonyl (C=O) groups is 1. The average Bonchev–Trinajstić information content (AvgIpc) is 2.57. The summed E-state index contributed by atoms with van der Waals surface area (Å²) in [4.78, 5) is 25.7. The lowest BCUT2D eigenvalue weighted by Crippen LogP contribution is -2.31. The summed E-state index contributed by atoms with van der Waals surface area (Å²) in [5.41, 5.74) is 1.41. The molecular formula is C18H23ClN4O2. The molecule has 2 rings (SSSR count). The maximum atomic E-state index is 12.0. The molecule has 1 heterocycles. The molecule has 2 aromatic rings. The molecule has 1 N–H and O–H groups in total. The Morgan fingerprint density at radius 1 is 1.20 bits per heavy atom. The van der Waals surface area contributed by atoms with Crippen molar-refractivity contribution in [3.8, 4) is 11.3 Å². The number of rotatable bonds is 8. The van der Waals surface area contributed by atoms with Gasteiger partial charge in [0.1, 0.15) is 0 Å². The minimum absolute atomic E-state index is 0.0104. The van der Waals surface area contributed by atoms with Gasteiger partial charge < -0.3 is 10.2 Å². The molecule has 7 heteroatoms. The fourth-order valence-electron chi connectivity index (χ4n) is 2.28. The van der Waals surface area contributed by atoms with Crippen LogP contribution in [0.2, 0.25) is 5.02 Å². The van der Waals surface area contributed by atoms with Crippen LogP contribution in [0.4, 0.5) is 0 Å². The third kappa shape index (κ3) is 6.32. The zero-order valence-corrected chi connectivity index (χ0v) is 15.3. The van der Waals surface area contributed by atoms with Crippen LogP contribution in [-0.2, 0) is 11.3 Å². The first-order valence-electron chi connectivity index (χ1n) is 8.21. The van der Waals surface area contributed by atoms with E-state index in [2.05, 4.69) is 10.4 Å². The van der Waals surface area contributed by atoms with Gasteiger partial charge in [-0.3, -0.25) is 9.59 Å². The van der Waals surface area contributed by atoms with Crippen molar-refractivity contribution in [3.63, 3.8) is 0 Å². The van der Waals surface area contributed by atoms with Crippen LogP contribution in [0.5, 0.6) is 0 Å². The first kappa shape index (κ1) is 19.1. The number of nitrogens with zero attached hydrogens (tertiary/aromatic N) is 3. The van der Waals surface area contributed by atoms with Crippen molar-refractivity contribution < 1.29 is 4.79 Å². The van der Waals surface area contributed by atoms with Crippen LogP contribution in [0.25, 0.3) is 11.3 Å². The molecule has 25 heavy (non-hydrogen) atoms. The lowest BCUT2D eigenvalue weighted by molar-refractivity contribution is -0.121. The van der Waals surface area contributed by atoms with Gasteiger partial charge >= 0.3 is 0 Å². The van der Waals surface area contributed by atoms with E-state index in [9.17, 15) is 9.59 Å². The molecule has 0 aliphatic heterocycles. The van der Waals surface area contributed by atoms with Gasteiger partial charge in [-0.05, 0) is 38.7 Å². The van der Waals surface area contributed by atoms with E-state index in [1.165, 1.54) is 10.7 Å². The number of hydrogen-bond donors (Lipinski definition) is 1. The Morgan fingerprint density at radius 2 is 1.92 bits per heavy atom. The van der Waals surface area contributed by atoms with Crippen LogP contribution < -0.4 is 10.9 Å². The normalized spacial score (nSPS) is 10.9. The van der Waals surface area contributed by atoms with Gasteiger partial charge in [-0.1, -0.05) is 23.7 Å². The molecule has 0 bridgehead atoms. The molecular weight excluding hydrogens is 340 g/mol. The van der Waals surface area contributed by atoms with Gasteiger partial charge in [0.15, 0.2) is 0 Å². The van der Waals surface area contributed by atoms with Gasteiger partial charge in [0.2, 0.25) is 5.91 Å². The zero-order valence-electron chi connectivity index (χ0n) is 14.5. The fraction of sp³-hybridized carbons (Fsp3) is 0.389. The molecule has 1 aromatic carbocycles. The van der Waals surface area contributed by atoms with E-state index < -0.39 is 0 Å². The van der Waals surface area contributed by atoms with Crippen molar-refractivity contribution in [2.75, 3.05) is 27.2 Å². The summed E-state index contributed by atoms with van der Waals surface area (Å²) in [6.45, 7) is 1.83. The summed E-state index contributed by atoms with van der Waals surface area (Å²) in [5.74, 6) is -0.0104. The molecule has 1 aromatic heterocycles. The maximum Gasteiger partial charge on any atom is 0.266 e. The summed E-state index contributed by atoms with van der Waals surface area (Å²) < 4.78 is 1.40. The third-order valence-electron chi connectivity index (χ3n) is 3.66. The lowest BCUT2D eigenvalue weighted by Gasteiger charge is -2.10. The lowest BCUT2D eigenvalue weighted by atomic mass is 10.1. The molecule has 0 atom stereocenters. The van der Waals surface area contributed by atoms with E-state index >= 15 is 0 Å². The molecule has 0 saturated heterocycles. The number of benzene rings is 1. The maximum absolute atomic E-state index is 12.0. The number of hydrogen-bond acceptors (Lipinski definition) is 4. The minimum Gasteiger partial charge on any atom is -0.355 e. The number of halogens is 1. The number of aryl methyl sites for hydroxylation is 1. The van der Waals surface area contributed by atoms with Crippen molar-refractivity contribution in [2.45, 2.75) is 19.4 Å². The second-order valence-corrected chi connectivity index (χ2v) is 6.48. The summed E-state index contributed by atoms with van der Waals surface area (Å²) in [6.07, 6.45) is 0.928. The van der Waals surface area contributed by atoms with Gasteiger partial charge in [0, 0.05) is 42.7 Å². The van der Waals surface area contributed by atoms with E-state index in [1.807, 2.05) is 31.1 Å². The SMILES string of the molecule is CN(C)CCNC(=O)CCCn1nc(-c2ccc(Cl)cc2)ccc1=O. The van der Waals surface area contributed by atoms with Crippen molar-refractivity contribution in [3.05, 3.63) is 51.8 Å². The predicted molar refractivity (Wildman–Crippen MR) is 99.7 cm³/mol. The topological polar surface area (TPSA) is 67.2 Å². The van der Waals surface area contributed by atoms with E-state index in [4.69, 9.17) is 11.6 Å². The van der Waals surface area contributed by atoms with Crippen LogP contribution >= 0.6 is 11.6 Å². The fourth-order valence-corrected chi connectivity index (χ4v) is 2.41. The molecule has 0 aliphatic rings. The van der Waals surface area contributed by atoms with Gasteiger partial charge in [-0.25, -0.2) is 4.68 Å². The zero-order chi connectivity index (χ0) is 18.2. The third-order valence-corrected chi connectivity index (χ3v) is 3.91. The quantitative estimate of drug-likeness (QED) is 0.780. The Morgan fingerprint density at radius 3 is 2.60 bits per heavy atom. The Bertz CT molecular complexity index is 756. The number of aromatic nitrogens is 2. The van der Waals surface area contributed by atoms with Gasteiger partial charge in [0.05, 0.1) is 5.69 Å². The second kappa shape index (κ2) is 9.34. The van der Waals surface area contributed by atoms with E-state index in [0.717, 1.165) is 12.1 Å². The molecule has 0 unspecified atom stereocenters. The van der Waals surface area contributed by atoms with Crippen LogP contribution in [0.1, 0.15) is 12.8 Å². The first-order chi connectivity index (χ1) is 12.0. The Labute approximate surface area is 152 Å². The van der Waals surface area contributed by atoms with Crippen molar-refractivity contribution >= 4 is 17.5 Å². The number of likely N-dealkylation sites (N-methyl/N-ethyl adjacent to an activating group) is 1. The van der Waals surface area contributed by atoms with Crippen LogP contribution in [0.15, 0.2) is 41.2 Å². The summed E-state index contributed by atoms with van der Waals surface area (Å²) in [7, 11) is 3.91. The summed E-state index contributed by atoms with van der Waals surface area (Å²) in [6, 6.07) is 10.5. The second-order valence-electron chi connectivity index (χ2n) is 6.04. The van der Waals surface area contributed by atoms with Crippen LogP contribution in [0, 0.1) is 0 Å². The molecule has 0 spiro atoms. The highest BCUT2D eigenvalue weighted by Gasteiger charge is 2.06. The predicted octanol–water partition coefficient (Wildman–Crippen LogP) is 2.02. The summed E-state index contributed by atoms with van der Waals surface area (Å²) >= 11 is 5.89. The van der Waals surface area contributed by atoms with E-state index in [-0.39, 0.29) is 11.5 Å². The highest BCUT2D eigenvalue weighted by atomic mass is 35.5. The largest absolute Gasteiger partial charge is 0.355 e. The molecule has 0 fully saturated rings. The average molecular weight is 363 g/mol. The van der Waals surface area contributed by atoms with Crippen LogP contribution in [0.3, 0.4) is 0 Å². The van der Waals surface area contributed by atoms with Gasteiger partial charge in [-0.15, -0.1) is 0 Å². The van der Waals surface area contributed by atoms with Gasteiger partial charge in [-0.2, -0.15) is 5.10 Å². The number of carbonyl (C=O) groups excluding carboxylic acids is 1. The minimum atomic E-state index is -0.175. The van der Waals surface area contributed by atoms with E-state index in [0.29, 0.717) is 36.6 Å². The standard InChI is InChI=1S/C18H23ClN4O2/c1-22(2)13-11-20-17(24)4-3-12-23-18(25)10-9-16(21-23)14-5-7-15(19)8-6-14/h5-10H,3-4,11-13H2,1-2H3,(H,20,24). The molecule has 134 valence electrons. The first-order valence-corrected chi connectivity index (χ1v) is 8.59. The van der Waals surface area contributed by atoms with Gasteiger partial charge in [0.25, 0.3) is 5.56 Å². The molecule has 6 nitrogen and oxygen atoms in total. The summed E-state index contributed by atoms with van der Waals surface area (Å²) in [5, 5.41) is 7.88. The monoisotopic (exact) mass is 362 g/mol. The van der Waals surface area contributed by atoms with Crippen molar-refractivity contribution in [1.82, 2.24) is 20.0 Å². The van der Waals surface area contributed by atoms with Crippen LogP contribution in [-0.4, -0.2) is 47.8 Å². The number of amides is 1. The molecule has 1 amide bonds. The molecule has 0 aliphatic carbocycles. The Balaban J connectivity index is 1.91. The smallest absolute Gasteiger partial charge is 0.266 e. The number of nitrogens with one attached hydrogen (secondary N) is 1. The van der Waals surface area contributed by atoms with E-state index in [1.54, 1.807) is 18.2 Å². The molecule has 0 radical (unpaired) electrons. The Hall–Kier alpha value is -2.18. The molecule has 0 saturated carbocycles.